The molecule has 1 aromatic carbocycles. The third kappa shape index (κ3) is 4.40. The molecule has 1 amide bonds. The number of carbonyl (C=O) groups is 1. The predicted octanol–water partition coefficient (Wildman–Crippen LogP) is 4.76. The van der Waals surface area contributed by atoms with Gasteiger partial charge in [0.25, 0.3) is 5.91 Å². The Morgan fingerprint density at radius 2 is 2.04 bits per heavy atom. The largest absolute Gasteiger partial charge is 0.298 e. The van der Waals surface area contributed by atoms with E-state index < -0.39 is 0 Å². The standard InChI is InChI=1S/C16H15N3OS3/c1-10-8-21-16(18-10)22-9-12-3-5-13(6-4-12)14(20)19-15-17-7-11(2)23-15/h3-8H,9H2,1-2H3,(H,17,19,20). The fourth-order valence-corrected chi connectivity index (χ4v) is 4.34. The van der Waals surface area contributed by atoms with Crippen LogP contribution in [0.3, 0.4) is 0 Å². The average Bonchev–Trinajstić information content (AvgIpc) is 3.14. The number of hydrogen-bond donors (Lipinski definition) is 1. The van der Waals surface area contributed by atoms with E-state index in [1.54, 1.807) is 29.3 Å². The van der Waals surface area contributed by atoms with Gasteiger partial charge in [-0.2, -0.15) is 0 Å². The SMILES string of the molecule is Cc1csc(SCc2ccc(C(=O)Nc3ncc(C)s3)cc2)n1. The summed E-state index contributed by atoms with van der Waals surface area (Å²) in [6.45, 7) is 3.96. The number of nitrogens with zero attached hydrogens (tertiary/aromatic N) is 2. The van der Waals surface area contributed by atoms with Gasteiger partial charge in [0.2, 0.25) is 0 Å². The second kappa shape index (κ2) is 7.25. The summed E-state index contributed by atoms with van der Waals surface area (Å²) in [5, 5.41) is 5.50. The predicted molar refractivity (Wildman–Crippen MR) is 97.7 cm³/mol. The maximum Gasteiger partial charge on any atom is 0.257 e. The molecule has 0 aliphatic heterocycles. The van der Waals surface area contributed by atoms with Gasteiger partial charge < -0.3 is 0 Å². The van der Waals surface area contributed by atoms with Gasteiger partial charge in [0.1, 0.15) is 4.34 Å². The van der Waals surface area contributed by atoms with Crippen molar-refractivity contribution in [1.29, 1.82) is 0 Å². The molecule has 23 heavy (non-hydrogen) atoms. The molecular weight excluding hydrogens is 346 g/mol. The summed E-state index contributed by atoms with van der Waals surface area (Å²) in [5.74, 6) is 0.717. The summed E-state index contributed by atoms with van der Waals surface area (Å²) in [4.78, 5) is 21.8. The van der Waals surface area contributed by atoms with Crippen LogP contribution in [0.5, 0.6) is 0 Å². The van der Waals surface area contributed by atoms with E-state index in [1.807, 2.05) is 38.1 Å². The van der Waals surface area contributed by atoms with Gasteiger partial charge in [-0.05, 0) is 31.5 Å². The molecule has 4 nitrogen and oxygen atoms in total. The van der Waals surface area contributed by atoms with Crippen LogP contribution >= 0.6 is 34.4 Å². The van der Waals surface area contributed by atoms with Crippen LogP contribution in [0.4, 0.5) is 5.13 Å². The van der Waals surface area contributed by atoms with E-state index in [0.29, 0.717) is 10.7 Å². The lowest BCUT2D eigenvalue weighted by Gasteiger charge is -2.03. The molecule has 3 rings (SSSR count). The molecule has 2 heterocycles. The number of anilines is 1. The monoisotopic (exact) mass is 361 g/mol. The minimum atomic E-state index is -0.130. The molecule has 118 valence electrons. The van der Waals surface area contributed by atoms with E-state index in [9.17, 15) is 4.79 Å². The summed E-state index contributed by atoms with van der Waals surface area (Å²) in [6.07, 6.45) is 1.75. The Hall–Kier alpha value is -1.70. The summed E-state index contributed by atoms with van der Waals surface area (Å²) in [6, 6.07) is 7.66. The lowest BCUT2D eigenvalue weighted by Crippen LogP contribution is -2.11. The Bertz CT molecular complexity index is 808. The molecule has 7 heteroatoms. The molecule has 0 bridgehead atoms. The lowest BCUT2D eigenvalue weighted by atomic mass is 10.1. The molecule has 0 radical (unpaired) electrons. The number of thiazole rings is 2. The van der Waals surface area contributed by atoms with Gasteiger partial charge in [-0.3, -0.25) is 10.1 Å². The second-order valence-corrected chi connectivity index (χ2v) is 8.29. The van der Waals surface area contributed by atoms with Crippen molar-refractivity contribution < 1.29 is 4.79 Å². The molecule has 2 aromatic heterocycles. The first-order chi connectivity index (χ1) is 11.1. The zero-order chi connectivity index (χ0) is 16.2. The van der Waals surface area contributed by atoms with E-state index >= 15 is 0 Å². The molecule has 0 saturated carbocycles. The Morgan fingerprint density at radius 3 is 2.65 bits per heavy atom. The van der Waals surface area contributed by atoms with Crippen LogP contribution in [0, 0.1) is 13.8 Å². The highest BCUT2D eigenvalue weighted by atomic mass is 32.2. The van der Waals surface area contributed by atoms with Gasteiger partial charge >= 0.3 is 0 Å². The van der Waals surface area contributed by atoms with Gasteiger partial charge in [-0.25, -0.2) is 9.97 Å². The van der Waals surface area contributed by atoms with Gasteiger partial charge in [-0.1, -0.05) is 23.9 Å². The van der Waals surface area contributed by atoms with E-state index in [1.165, 1.54) is 16.9 Å². The normalized spacial score (nSPS) is 10.7. The molecule has 0 spiro atoms. The van der Waals surface area contributed by atoms with E-state index in [-0.39, 0.29) is 5.91 Å². The zero-order valence-corrected chi connectivity index (χ0v) is 15.1. The third-order valence-electron chi connectivity index (χ3n) is 3.02. The zero-order valence-electron chi connectivity index (χ0n) is 12.7. The molecular formula is C16H15N3OS3. The van der Waals surface area contributed by atoms with Gasteiger partial charge in [-0.15, -0.1) is 22.7 Å². The van der Waals surface area contributed by atoms with Gasteiger partial charge in [0.05, 0.1) is 0 Å². The smallest absolute Gasteiger partial charge is 0.257 e. The van der Waals surface area contributed by atoms with Crippen LogP contribution in [0.1, 0.15) is 26.5 Å². The van der Waals surface area contributed by atoms with E-state index in [2.05, 4.69) is 20.7 Å². The lowest BCUT2D eigenvalue weighted by molar-refractivity contribution is 0.102. The number of nitrogens with one attached hydrogen (secondary N) is 1. The molecule has 0 unspecified atom stereocenters. The first-order valence-corrected chi connectivity index (χ1v) is 9.66. The summed E-state index contributed by atoms with van der Waals surface area (Å²) in [7, 11) is 0. The minimum Gasteiger partial charge on any atom is -0.298 e. The summed E-state index contributed by atoms with van der Waals surface area (Å²) < 4.78 is 1.07. The second-order valence-electron chi connectivity index (χ2n) is 4.97. The van der Waals surface area contributed by atoms with Crippen molar-refractivity contribution in [2.45, 2.75) is 23.9 Å². The molecule has 0 fully saturated rings. The molecule has 0 aliphatic carbocycles. The number of aromatic nitrogens is 2. The highest BCUT2D eigenvalue weighted by molar-refractivity contribution is 8.00. The molecule has 1 N–H and O–H groups in total. The van der Waals surface area contributed by atoms with E-state index in [0.717, 1.165) is 20.7 Å². The van der Waals surface area contributed by atoms with Gasteiger partial charge in [0.15, 0.2) is 5.13 Å². The van der Waals surface area contributed by atoms with E-state index in [4.69, 9.17) is 0 Å². The van der Waals surface area contributed by atoms with Crippen LogP contribution in [-0.4, -0.2) is 15.9 Å². The Balaban J connectivity index is 1.58. The number of rotatable bonds is 5. The number of aryl methyl sites for hydroxylation is 2. The Labute approximate surface area is 147 Å². The van der Waals surface area contributed by atoms with Crippen LogP contribution in [0.2, 0.25) is 0 Å². The van der Waals surface area contributed by atoms with Crippen LogP contribution < -0.4 is 5.32 Å². The third-order valence-corrected chi connectivity index (χ3v) is 6.06. The highest BCUT2D eigenvalue weighted by Crippen LogP contribution is 2.26. The summed E-state index contributed by atoms with van der Waals surface area (Å²) >= 11 is 4.84. The van der Waals surface area contributed by atoms with Gasteiger partial charge in [0, 0.05) is 33.5 Å². The first kappa shape index (κ1) is 16.2. The molecule has 0 atom stereocenters. The molecule has 0 aliphatic rings. The van der Waals surface area contributed by atoms with Crippen LogP contribution in [0.15, 0.2) is 40.2 Å². The topological polar surface area (TPSA) is 54.9 Å². The number of amides is 1. The number of benzene rings is 1. The quantitative estimate of drug-likeness (QED) is 0.666. The van der Waals surface area contributed by atoms with Crippen molar-refractivity contribution in [2.75, 3.05) is 5.32 Å². The van der Waals surface area contributed by atoms with Crippen molar-refractivity contribution in [2.24, 2.45) is 0 Å². The van der Waals surface area contributed by atoms with Crippen molar-refractivity contribution in [3.05, 3.63) is 57.5 Å². The Morgan fingerprint density at radius 1 is 1.26 bits per heavy atom. The molecule has 0 saturated heterocycles. The molecule has 3 aromatic rings. The number of thioether (sulfide) groups is 1. The number of hydrogen-bond acceptors (Lipinski definition) is 6. The first-order valence-electron chi connectivity index (χ1n) is 6.98. The number of carbonyl (C=O) groups excluding carboxylic acids is 1. The fourth-order valence-electron chi connectivity index (χ4n) is 1.88. The van der Waals surface area contributed by atoms with Crippen molar-refractivity contribution in [3.63, 3.8) is 0 Å². The average molecular weight is 362 g/mol. The summed E-state index contributed by atoms with van der Waals surface area (Å²) in [5.41, 5.74) is 2.86. The fraction of sp³-hybridized carbons (Fsp3) is 0.188. The van der Waals surface area contributed by atoms with Crippen LogP contribution in [0.25, 0.3) is 0 Å². The van der Waals surface area contributed by atoms with Crippen molar-refractivity contribution >= 4 is 45.5 Å². The highest BCUT2D eigenvalue weighted by Gasteiger charge is 2.08. The van der Waals surface area contributed by atoms with Crippen molar-refractivity contribution in [3.8, 4) is 0 Å². The maximum absolute atomic E-state index is 12.2. The Kier molecular flexibility index (Phi) is 5.09. The van der Waals surface area contributed by atoms with Crippen molar-refractivity contribution in [1.82, 2.24) is 9.97 Å². The maximum atomic E-state index is 12.2. The minimum absolute atomic E-state index is 0.130. The van der Waals surface area contributed by atoms with Crippen LogP contribution in [-0.2, 0) is 5.75 Å².